The number of aromatic nitrogens is 31. The zero-order valence-corrected chi connectivity index (χ0v) is 59.2. The maximum absolute atomic E-state index is 5.02. The van der Waals surface area contributed by atoms with E-state index in [9.17, 15) is 0 Å². The third kappa shape index (κ3) is 18.3. The summed E-state index contributed by atoms with van der Waals surface area (Å²) in [6.07, 6.45) is 9.04. The quantitative estimate of drug-likeness (QED) is 0.0308. The Hall–Kier alpha value is -13.0. The maximum Gasteiger partial charge on any atom is 0.222 e. The Kier molecular flexibility index (Phi) is 22.5. The molecule has 0 amide bonds. The van der Waals surface area contributed by atoms with Gasteiger partial charge in [-0.2, -0.15) is 26.0 Å². The van der Waals surface area contributed by atoms with Gasteiger partial charge in [0.2, 0.25) is 23.3 Å². The van der Waals surface area contributed by atoms with Gasteiger partial charge in [0.25, 0.3) is 0 Å². The van der Waals surface area contributed by atoms with Crippen LogP contribution >= 0.6 is 22.7 Å². The van der Waals surface area contributed by atoms with E-state index in [1.807, 2.05) is 102 Å². The molecule has 0 atom stereocenters. The highest BCUT2D eigenvalue weighted by Crippen LogP contribution is 2.40. The number of pyridine rings is 7. The third-order valence-corrected chi connectivity index (χ3v) is 19.6. The van der Waals surface area contributed by atoms with Crippen LogP contribution in [-0.2, 0) is 26.1 Å². The molecule has 39 heteroatoms. The highest BCUT2D eigenvalue weighted by atomic mass is 32.1. The van der Waals surface area contributed by atoms with Crippen LogP contribution in [0.4, 0.5) is 0 Å². The summed E-state index contributed by atoms with van der Waals surface area (Å²) in [5, 5.41) is 96.0. The van der Waals surface area contributed by atoms with Gasteiger partial charge in [0.05, 0.1) is 45.6 Å². The van der Waals surface area contributed by atoms with Crippen LogP contribution in [0.5, 0.6) is 0 Å². The normalized spacial score (nSPS) is 13.5. The summed E-state index contributed by atoms with van der Waals surface area (Å²) in [4.78, 5) is 46.0. The smallest absolute Gasteiger partial charge is 0.222 e. The molecule has 37 nitrogen and oxygen atoms in total. The molecule has 17 heterocycles. The van der Waals surface area contributed by atoms with E-state index in [1.165, 1.54) is 53.2 Å². The van der Waals surface area contributed by atoms with E-state index >= 15 is 0 Å². The molecule has 2 aliphatic heterocycles. The molecule has 15 aromatic rings. The Morgan fingerprint density at radius 2 is 0.766 bits per heavy atom. The zero-order valence-electron chi connectivity index (χ0n) is 57.6. The number of rotatable bonds is 24. The Bertz CT molecular complexity index is 5080. The molecule has 2 aliphatic rings. The lowest BCUT2D eigenvalue weighted by Crippen LogP contribution is -2.35. The second-order valence-corrected chi connectivity index (χ2v) is 26.8. The minimum absolute atomic E-state index is 0.422. The summed E-state index contributed by atoms with van der Waals surface area (Å²) < 4.78 is 0. The van der Waals surface area contributed by atoms with Gasteiger partial charge < -0.3 is 0 Å². The first-order chi connectivity index (χ1) is 52.9. The SMILES string of the molecule is CCCCCCCCc1ccc(-c2ccc(-c3cc(-c4cccc(-c5nnn[nH]5)n4)nc(-c4cccc(-c5nnn[nH]5)n4)c3)s2)s1.c1cc(-c2nn[nH]n2)nc(-c2nn[nH]n2)c1.c1cc(CN2CCN(Cc3cccc(-c4nn[nH]n4)n3)CCN(Cc3cccc(-c4nn[nH]n4)n3)CC2)nc(C2=NN=NC2)c1. The Labute approximate surface area is 616 Å². The molecule has 17 rings (SSSR count). The summed E-state index contributed by atoms with van der Waals surface area (Å²) in [5.74, 6) is 2.78. The van der Waals surface area contributed by atoms with Crippen LogP contribution in [0, 0.1) is 0 Å². The lowest BCUT2D eigenvalue weighted by molar-refractivity contribution is 0.207. The summed E-state index contributed by atoms with van der Waals surface area (Å²) in [6.45, 7) is 10.1. The topological polar surface area (TPSA) is 464 Å². The predicted octanol–water partition coefficient (Wildman–Crippen LogP) is 8.59. The van der Waals surface area contributed by atoms with Gasteiger partial charge in [0, 0.05) is 78.4 Å². The number of aromatic amines is 6. The van der Waals surface area contributed by atoms with Gasteiger partial charge in [0.1, 0.15) is 46.4 Å². The van der Waals surface area contributed by atoms with Crippen molar-refractivity contribution in [3.63, 3.8) is 0 Å². The molecular formula is C68H67N37S2. The molecule has 0 saturated carbocycles. The number of hydrogen-bond acceptors (Lipinski definition) is 33. The van der Waals surface area contributed by atoms with Crippen molar-refractivity contribution in [1.29, 1.82) is 0 Å². The molecule has 0 aromatic carbocycles. The first-order valence-corrected chi connectivity index (χ1v) is 36.1. The molecule has 0 spiro atoms. The van der Waals surface area contributed by atoms with Crippen LogP contribution < -0.4 is 0 Å². The van der Waals surface area contributed by atoms with E-state index in [4.69, 9.17) is 29.9 Å². The average Bonchev–Trinajstić information content (AvgIpc) is 1.70. The minimum atomic E-state index is 0.422. The summed E-state index contributed by atoms with van der Waals surface area (Å²) in [5.41, 5.74) is 12.2. The van der Waals surface area contributed by atoms with Gasteiger partial charge in [-0.3, -0.25) is 19.7 Å². The fraction of sp³-hybridized carbons (Fsp3) is 0.265. The van der Waals surface area contributed by atoms with Crippen LogP contribution in [0.3, 0.4) is 0 Å². The lowest BCUT2D eigenvalue weighted by atomic mass is 10.1. The number of nitrogens with one attached hydrogen (secondary N) is 6. The molecule has 536 valence electrons. The van der Waals surface area contributed by atoms with Crippen LogP contribution in [0.2, 0.25) is 0 Å². The van der Waals surface area contributed by atoms with Gasteiger partial charge in [-0.1, -0.05) is 75.4 Å². The highest BCUT2D eigenvalue weighted by Gasteiger charge is 2.22. The standard InChI is InChI=1S/C33H31N11S2.C28H31N17.C7H5N9/c1-2-3-4-5-6-7-10-22-15-16-30(45-22)31-18-17-29(46-31)21-19-27(23-11-8-13-25(34-23)32-37-41-42-38-32)36-28(20-21)24-12-9-14-26(35-24)33-39-43-44-40-33;1-4-20(30-23(7-1)26-16-29-38-33-26)17-43-10-12-44(18-21-5-2-8-24(31-21)27-34-39-40-35-27)14-15-45(13-11-43)19-22-6-3-9-25(32-22)28-36-41-42-37-28;1-2-4(6-9-13-14-10-6)8-5(3-1)7-11-15-16-12-7/h8-9,11-20H,2-7,10H2,1H3,(H,37,38,41,42)(H,39,40,43,44);1-9H,10-19H2,(H,34,35,39,40)(H,36,37,41,42);1-3H,(H,9,10,13,14)(H,11,12,15,16). The second-order valence-electron chi connectivity index (χ2n) is 24.5. The second kappa shape index (κ2) is 34.5. The van der Waals surface area contributed by atoms with Gasteiger partial charge in [-0.25, -0.2) is 40.1 Å². The Morgan fingerprint density at radius 3 is 1.22 bits per heavy atom. The van der Waals surface area contributed by atoms with Crippen molar-refractivity contribution in [3.05, 3.63) is 173 Å². The van der Waals surface area contributed by atoms with Crippen molar-refractivity contribution in [3.8, 4) is 112 Å². The molecule has 6 N–H and O–H groups in total. The number of hydrogen-bond donors (Lipinski definition) is 6. The van der Waals surface area contributed by atoms with Crippen molar-refractivity contribution in [2.45, 2.75) is 71.5 Å². The summed E-state index contributed by atoms with van der Waals surface area (Å²) in [6, 6.07) is 47.8. The minimum Gasteiger partial charge on any atom is -0.295 e. The molecule has 0 unspecified atom stereocenters. The van der Waals surface area contributed by atoms with E-state index in [-0.39, 0.29) is 0 Å². The average molecular weight is 1470 g/mol. The fourth-order valence-corrected chi connectivity index (χ4v) is 13.9. The van der Waals surface area contributed by atoms with Crippen molar-refractivity contribution in [2.75, 3.05) is 45.8 Å². The molecule has 1 fully saturated rings. The van der Waals surface area contributed by atoms with E-state index in [2.05, 4.69) is 208 Å². The van der Waals surface area contributed by atoms with Gasteiger partial charge >= 0.3 is 0 Å². The largest absolute Gasteiger partial charge is 0.295 e. The molecule has 15 aromatic heterocycles. The number of tetrazole rings is 6. The van der Waals surface area contributed by atoms with E-state index < -0.39 is 0 Å². The molecule has 107 heavy (non-hydrogen) atoms. The van der Waals surface area contributed by atoms with Crippen LogP contribution in [0.1, 0.15) is 73.1 Å². The van der Waals surface area contributed by atoms with Gasteiger partial charge in [-0.05, 0) is 175 Å². The monoisotopic (exact) mass is 1470 g/mol. The molecule has 0 bridgehead atoms. The molecule has 0 aliphatic carbocycles. The van der Waals surface area contributed by atoms with Gasteiger partial charge in [0.15, 0.2) is 11.6 Å². The lowest BCUT2D eigenvalue weighted by Gasteiger charge is -2.25. The summed E-state index contributed by atoms with van der Waals surface area (Å²) >= 11 is 3.68. The predicted molar refractivity (Wildman–Crippen MR) is 392 cm³/mol. The number of H-pyrrole nitrogens is 6. The third-order valence-electron chi connectivity index (χ3n) is 17.2. The summed E-state index contributed by atoms with van der Waals surface area (Å²) in [7, 11) is 0. The van der Waals surface area contributed by atoms with E-state index in [0.29, 0.717) is 118 Å². The molecule has 1 saturated heterocycles. The number of nitrogens with zero attached hydrogens (tertiary/aromatic N) is 31. The van der Waals surface area contributed by atoms with Crippen LogP contribution in [-0.4, -0.2) is 225 Å². The van der Waals surface area contributed by atoms with Crippen LogP contribution in [0.15, 0.2) is 161 Å². The van der Waals surface area contributed by atoms with Crippen molar-refractivity contribution in [1.82, 2.24) is 173 Å². The van der Waals surface area contributed by atoms with E-state index in [0.717, 1.165) is 84.6 Å². The number of thiophene rings is 2. The number of unbranched alkanes of at least 4 members (excludes halogenated alkanes) is 5. The highest BCUT2D eigenvalue weighted by molar-refractivity contribution is 7.23. The molecular weight excluding hydrogens is 1400 g/mol. The van der Waals surface area contributed by atoms with Crippen molar-refractivity contribution >= 4 is 28.4 Å². The first-order valence-electron chi connectivity index (χ1n) is 34.5. The fourth-order valence-electron chi connectivity index (χ4n) is 11.8. The van der Waals surface area contributed by atoms with Crippen molar-refractivity contribution < 1.29 is 0 Å². The van der Waals surface area contributed by atoms with Crippen LogP contribution in [0.25, 0.3) is 112 Å². The van der Waals surface area contributed by atoms with Crippen molar-refractivity contribution in [2.24, 2.45) is 15.4 Å². The van der Waals surface area contributed by atoms with Gasteiger partial charge in [-0.15, -0.1) is 78.8 Å². The Morgan fingerprint density at radius 1 is 0.364 bits per heavy atom. The molecule has 0 radical (unpaired) electrons. The zero-order chi connectivity index (χ0) is 72.2. The Balaban J connectivity index is 0.000000142. The maximum atomic E-state index is 5.02. The first kappa shape index (κ1) is 69.7. The van der Waals surface area contributed by atoms with E-state index in [1.54, 1.807) is 23.5 Å². The number of aryl methyl sites for hydroxylation is 1.